The Kier molecular flexibility index (Phi) is 8.47. The highest BCUT2D eigenvalue weighted by molar-refractivity contribution is 6.31. The van der Waals surface area contributed by atoms with E-state index in [9.17, 15) is 19.8 Å². The van der Waals surface area contributed by atoms with Crippen molar-refractivity contribution in [3.8, 4) is 0 Å². The maximum absolute atomic E-state index is 13.2. The summed E-state index contributed by atoms with van der Waals surface area (Å²) >= 11 is 6.17. The average molecular weight is 562 g/mol. The molecular weight excluding hydrogens is 518 g/mol. The Balaban J connectivity index is 1.67. The fraction of sp³-hybridized carbons (Fsp3) is 0.677. The molecule has 7 nitrogen and oxygen atoms in total. The number of ether oxygens (including phenoxy) is 2. The maximum Gasteiger partial charge on any atom is 0.340 e. The Bertz CT molecular complexity index is 1120. The molecule has 0 radical (unpaired) electrons. The fourth-order valence-electron chi connectivity index (χ4n) is 9.15. The van der Waals surface area contributed by atoms with E-state index in [-0.39, 0.29) is 47.2 Å². The van der Waals surface area contributed by atoms with Crippen molar-refractivity contribution in [3.05, 3.63) is 40.6 Å². The quantitative estimate of drug-likeness (QED) is 0.161. The van der Waals surface area contributed by atoms with Gasteiger partial charge in [0.05, 0.1) is 30.6 Å². The van der Waals surface area contributed by atoms with Gasteiger partial charge in [0.1, 0.15) is 6.29 Å². The molecular formula is C31H44ClNO6. The molecule has 4 rings (SSSR count). The molecule has 3 aliphatic carbocycles. The van der Waals surface area contributed by atoms with Crippen LogP contribution in [0.2, 0.25) is 5.02 Å². The van der Waals surface area contributed by atoms with Crippen LogP contribution in [0, 0.1) is 39.9 Å². The number of methoxy groups -OCH3 is 1. The zero-order chi connectivity index (χ0) is 28.8. The van der Waals surface area contributed by atoms with Crippen LogP contribution in [0.4, 0.5) is 5.69 Å². The van der Waals surface area contributed by atoms with Gasteiger partial charge in [0.2, 0.25) is 0 Å². The van der Waals surface area contributed by atoms with E-state index in [4.69, 9.17) is 21.1 Å². The number of rotatable bonds is 7. The van der Waals surface area contributed by atoms with Crippen molar-refractivity contribution in [1.82, 2.24) is 0 Å². The Morgan fingerprint density at radius 3 is 2.49 bits per heavy atom. The van der Waals surface area contributed by atoms with Crippen molar-refractivity contribution >= 4 is 29.5 Å². The number of aldehydes is 1. The molecule has 0 amide bonds. The van der Waals surface area contributed by atoms with Crippen LogP contribution in [0.25, 0.3) is 0 Å². The standard InChI is InChI=1S/C31H44ClNO6/c1-18-23(38-6)14-25-29(2)12-10-26(36)31(4,17-39-28(37)21-13-20(32)7-8-22(21)33-5)24(29)9-11-30(25,3)27(18)19(15-34)16-35/h7-8,13,15-16,18,23-27,33-34,36H,9-12,14,17H2,1-6H3/b19-15+/t18-,23+,24-,25-,26+,27-,29+,30+,31+/m1/s1. The summed E-state index contributed by atoms with van der Waals surface area (Å²) in [5.41, 5.74) is 0.364. The summed E-state index contributed by atoms with van der Waals surface area (Å²) in [4.78, 5) is 25.3. The number of carbonyl (C=O) groups is 2. The molecule has 3 aliphatic rings. The molecule has 8 heteroatoms. The number of halogens is 1. The van der Waals surface area contributed by atoms with Gasteiger partial charge in [-0.15, -0.1) is 0 Å². The first-order valence-electron chi connectivity index (χ1n) is 14.1. The summed E-state index contributed by atoms with van der Waals surface area (Å²) in [7, 11) is 3.46. The van der Waals surface area contributed by atoms with E-state index < -0.39 is 17.5 Å². The SMILES string of the molecule is CNc1ccc(Cl)cc1C(=O)OC[C@@]1(C)[C@@H]2CC[C@@]3(C)[C@H](C[C@H](OC)[C@@H](C)[C@@H]3/C(C=O)=C/O)[C@@]2(C)CC[C@@H]1O. The Morgan fingerprint density at radius 2 is 1.87 bits per heavy atom. The van der Waals surface area contributed by atoms with Gasteiger partial charge < -0.3 is 25.0 Å². The number of aliphatic hydroxyl groups excluding tert-OH is 2. The van der Waals surface area contributed by atoms with E-state index in [1.54, 1.807) is 32.4 Å². The molecule has 216 valence electrons. The maximum atomic E-state index is 13.2. The third-order valence-electron chi connectivity index (χ3n) is 11.1. The van der Waals surface area contributed by atoms with Crippen LogP contribution in [0.15, 0.2) is 30.0 Å². The lowest BCUT2D eigenvalue weighted by atomic mass is 9.37. The van der Waals surface area contributed by atoms with Gasteiger partial charge in [0.15, 0.2) is 0 Å². The average Bonchev–Trinajstić information content (AvgIpc) is 2.91. The third kappa shape index (κ3) is 4.78. The molecule has 0 aliphatic heterocycles. The number of esters is 1. The number of aliphatic hydroxyl groups is 2. The van der Waals surface area contributed by atoms with Gasteiger partial charge in [0.25, 0.3) is 0 Å². The largest absolute Gasteiger partial charge is 0.515 e. The zero-order valence-corrected chi connectivity index (χ0v) is 24.8. The van der Waals surface area contributed by atoms with Crippen molar-refractivity contribution in [2.45, 2.75) is 72.0 Å². The molecule has 39 heavy (non-hydrogen) atoms. The molecule has 0 saturated heterocycles. The van der Waals surface area contributed by atoms with Gasteiger partial charge in [-0.3, -0.25) is 4.79 Å². The minimum absolute atomic E-state index is 0.0581. The first-order chi connectivity index (χ1) is 18.4. The van der Waals surface area contributed by atoms with Crippen LogP contribution >= 0.6 is 11.6 Å². The predicted molar refractivity (Wildman–Crippen MR) is 152 cm³/mol. The normalized spacial score (nSPS) is 40.3. The third-order valence-corrected chi connectivity index (χ3v) is 11.3. The molecule has 1 aromatic carbocycles. The van der Waals surface area contributed by atoms with Gasteiger partial charge in [-0.2, -0.15) is 0 Å². The van der Waals surface area contributed by atoms with E-state index >= 15 is 0 Å². The summed E-state index contributed by atoms with van der Waals surface area (Å²) in [6.45, 7) is 8.83. The molecule has 0 spiro atoms. The van der Waals surface area contributed by atoms with E-state index in [2.05, 4.69) is 26.1 Å². The summed E-state index contributed by atoms with van der Waals surface area (Å²) in [6, 6.07) is 5.06. The highest BCUT2D eigenvalue weighted by atomic mass is 35.5. The molecule has 0 bridgehead atoms. The van der Waals surface area contributed by atoms with Crippen LogP contribution in [0.1, 0.15) is 70.2 Å². The lowest BCUT2D eigenvalue weighted by Crippen LogP contribution is -2.65. The van der Waals surface area contributed by atoms with Crippen molar-refractivity contribution in [3.63, 3.8) is 0 Å². The zero-order valence-electron chi connectivity index (χ0n) is 24.0. The Hall–Kier alpha value is -2.09. The number of hydrogen-bond donors (Lipinski definition) is 3. The lowest BCUT2D eigenvalue weighted by Gasteiger charge is -2.68. The predicted octanol–water partition coefficient (Wildman–Crippen LogP) is 6.05. The highest BCUT2D eigenvalue weighted by Gasteiger charge is 2.66. The van der Waals surface area contributed by atoms with E-state index in [1.807, 2.05) is 6.92 Å². The molecule has 1 aromatic rings. The molecule has 0 aromatic heterocycles. The summed E-state index contributed by atoms with van der Waals surface area (Å²) in [5.74, 6) is -0.262. The van der Waals surface area contributed by atoms with Crippen molar-refractivity contribution in [1.29, 1.82) is 0 Å². The Labute approximate surface area is 237 Å². The number of anilines is 1. The summed E-state index contributed by atoms with van der Waals surface area (Å²) < 4.78 is 11.9. The first kappa shape index (κ1) is 29.9. The first-order valence-corrected chi connectivity index (χ1v) is 14.4. The van der Waals surface area contributed by atoms with Crippen LogP contribution in [-0.4, -0.2) is 55.4 Å². The second-order valence-electron chi connectivity index (χ2n) is 12.8. The van der Waals surface area contributed by atoms with Crippen molar-refractivity contribution in [2.75, 3.05) is 26.1 Å². The monoisotopic (exact) mass is 561 g/mol. The second kappa shape index (κ2) is 11.1. The van der Waals surface area contributed by atoms with E-state index in [1.165, 1.54) is 0 Å². The van der Waals surface area contributed by atoms with E-state index in [0.717, 1.165) is 38.2 Å². The summed E-state index contributed by atoms with van der Waals surface area (Å²) in [6.07, 6.45) is 5.03. The highest BCUT2D eigenvalue weighted by Crippen LogP contribution is 2.70. The van der Waals surface area contributed by atoms with Gasteiger partial charge in [-0.1, -0.05) is 39.3 Å². The molecule has 0 heterocycles. The van der Waals surface area contributed by atoms with Crippen molar-refractivity contribution < 1.29 is 29.3 Å². The number of benzene rings is 1. The van der Waals surface area contributed by atoms with Gasteiger partial charge in [-0.25, -0.2) is 4.79 Å². The van der Waals surface area contributed by atoms with E-state index in [0.29, 0.717) is 28.3 Å². The van der Waals surface area contributed by atoms with Crippen LogP contribution in [0.3, 0.4) is 0 Å². The molecule has 0 unspecified atom stereocenters. The molecule has 9 atom stereocenters. The topological polar surface area (TPSA) is 105 Å². The van der Waals surface area contributed by atoms with Crippen LogP contribution < -0.4 is 5.32 Å². The van der Waals surface area contributed by atoms with Gasteiger partial charge in [-0.05, 0) is 78.9 Å². The van der Waals surface area contributed by atoms with Gasteiger partial charge in [0, 0.05) is 41.8 Å². The fourth-order valence-corrected chi connectivity index (χ4v) is 9.32. The lowest BCUT2D eigenvalue weighted by molar-refractivity contribution is -0.224. The molecule has 3 saturated carbocycles. The van der Waals surface area contributed by atoms with Crippen LogP contribution in [0.5, 0.6) is 0 Å². The number of nitrogens with one attached hydrogen (secondary N) is 1. The smallest absolute Gasteiger partial charge is 0.340 e. The Morgan fingerprint density at radius 1 is 1.18 bits per heavy atom. The minimum Gasteiger partial charge on any atom is -0.515 e. The molecule has 3 fully saturated rings. The number of hydrogen-bond acceptors (Lipinski definition) is 7. The minimum atomic E-state index is -0.649. The molecule has 3 N–H and O–H groups in total. The number of carbonyl (C=O) groups excluding carboxylic acids is 2. The van der Waals surface area contributed by atoms with Crippen LogP contribution in [-0.2, 0) is 14.3 Å². The van der Waals surface area contributed by atoms with Gasteiger partial charge >= 0.3 is 5.97 Å². The summed E-state index contributed by atoms with van der Waals surface area (Å²) in [5, 5.41) is 24.9. The second-order valence-corrected chi connectivity index (χ2v) is 13.3. The number of fused-ring (bicyclic) bond motifs is 3. The number of allylic oxidation sites excluding steroid dienone is 1. The van der Waals surface area contributed by atoms with Crippen molar-refractivity contribution in [2.24, 2.45) is 39.9 Å².